The summed E-state index contributed by atoms with van der Waals surface area (Å²) in [5.74, 6) is 8.76. The fourth-order valence-corrected chi connectivity index (χ4v) is 2.76. The first-order valence-electron chi connectivity index (χ1n) is 7.28. The van der Waals surface area contributed by atoms with Crippen molar-refractivity contribution < 1.29 is 0 Å². The van der Waals surface area contributed by atoms with Crippen molar-refractivity contribution in [3.63, 3.8) is 0 Å². The van der Waals surface area contributed by atoms with E-state index in [2.05, 4.69) is 34.3 Å². The Morgan fingerprint density at radius 2 is 2.05 bits per heavy atom. The lowest BCUT2D eigenvalue weighted by Gasteiger charge is -2.28. The van der Waals surface area contributed by atoms with Gasteiger partial charge in [-0.2, -0.15) is 0 Å². The average molecular weight is 263 g/mol. The van der Waals surface area contributed by atoms with Crippen LogP contribution in [0.25, 0.3) is 0 Å². The summed E-state index contributed by atoms with van der Waals surface area (Å²) in [5, 5.41) is 0. The molecule has 1 fully saturated rings. The number of hydrazine groups is 1. The van der Waals surface area contributed by atoms with Gasteiger partial charge in [-0.25, -0.2) is 15.8 Å². The summed E-state index contributed by atoms with van der Waals surface area (Å²) in [7, 11) is 2.11. The summed E-state index contributed by atoms with van der Waals surface area (Å²) in [6, 6.07) is 1.92. The minimum absolute atomic E-state index is 0.692. The Hall–Kier alpha value is -1.36. The van der Waals surface area contributed by atoms with Crippen molar-refractivity contribution in [2.24, 2.45) is 11.8 Å². The van der Waals surface area contributed by atoms with E-state index in [0.29, 0.717) is 5.82 Å². The van der Waals surface area contributed by atoms with Gasteiger partial charge in [-0.1, -0.05) is 26.2 Å². The zero-order valence-electron chi connectivity index (χ0n) is 12.0. The number of nitrogens with one attached hydrogen (secondary N) is 1. The minimum atomic E-state index is 0.692. The van der Waals surface area contributed by atoms with E-state index in [1.165, 1.54) is 32.1 Å². The van der Waals surface area contributed by atoms with Gasteiger partial charge in [-0.15, -0.1) is 0 Å². The van der Waals surface area contributed by atoms with Gasteiger partial charge in [0.2, 0.25) is 0 Å². The first-order chi connectivity index (χ1) is 9.22. The summed E-state index contributed by atoms with van der Waals surface area (Å²) in [6.45, 7) is 3.13. The maximum atomic E-state index is 5.47. The Morgan fingerprint density at radius 3 is 2.68 bits per heavy atom. The van der Waals surface area contributed by atoms with Crippen LogP contribution in [0.2, 0.25) is 0 Å². The number of anilines is 2. The van der Waals surface area contributed by atoms with Crippen molar-refractivity contribution in [2.75, 3.05) is 23.9 Å². The highest BCUT2D eigenvalue weighted by Crippen LogP contribution is 2.25. The maximum Gasteiger partial charge on any atom is 0.145 e. The first kappa shape index (κ1) is 14.1. The number of hydrogen-bond donors (Lipinski definition) is 2. The second kappa shape index (κ2) is 6.70. The van der Waals surface area contributed by atoms with Gasteiger partial charge in [0.05, 0.1) is 0 Å². The molecule has 2 rings (SSSR count). The van der Waals surface area contributed by atoms with Crippen LogP contribution in [0.5, 0.6) is 0 Å². The van der Waals surface area contributed by atoms with Gasteiger partial charge in [0.15, 0.2) is 0 Å². The summed E-state index contributed by atoms with van der Waals surface area (Å²) < 4.78 is 0. The lowest BCUT2D eigenvalue weighted by Crippen LogP contribution is -2.28. The normalized spacial score (nSPS) is 16.4. The predicted molar refractivity (Wildman–Crippen MR) is 79.1 cm³/mol. The molecule has 1 aliphatic rings. The molecule has 0 amide bonds. The van der Waals surface area contributed by atoms with Crippen LogP contribution in [-0.2, 0) is 6.42 Å². The number of aryl methyl sites for hydroxylation is 1. The van der Waals surface area contributed by atoms with E-state index in [0.717, 1.165) is 30.5 Å². The fraction of sp³-hybridized carbons (Fsp3) is 0.714. The van der Waals surface area contributed by atoms with Crippen molar-refractivity contribution in [1.29, 1.82) is 0 Å². The van der Waals surface area contributed by atoms with Crippen LogP contribution in [0.1, 0.15) is 44.9 Å². The summed E-state index contributed by atoms with van der Waals surface area (Å²) in [6.07, 6.45) is 7.65. The second-order valence-corrected chi connectivity index (χ2v) is 5.41. The average Bonchev–Trinajstić information content (AvgIpc) is 2.47. The SMILES string of the molecule is CCc1nc(NN)cc(N(C)CC2CCCCC2)n1. The molecule has 3 N–H and O–H groups in total. The summed E-state index contributed by atoms with van der Waals surface area (Å²) >= 11 is 0. The van der Waals surface area contributed by atoms with E-state index in [9.17, 15) is 0 Å². The number of aromatic nitrogens is 2. The number of nitrogens with two attached hydrogens (primary N) is 1. The highest BCUT2D eigenvalue weighted by Gasteiger charge is 2.16. The van der Waals surface area contributed by atoms with E-state index in [1.807, 2.05) is 6.07 Å². The third-order valence-electron chi connectivity index (χ3n) is 3.87. The van der Waals surface area contributed by atoms with Gasteiger partial charge in [0.1, 0.15) is 17.5 Å². The third kappa shape index (κ3) is 3.80. The van der Waals surface area contributed by atoms with Gasteiger partial charge >= 0.3 is 0 Å². The number of nitrogen functional groups attached to an aromatic ring is 1. The Morgan fingerprint density at radius 1 is 1.32 bits per heavy atom. The van der Waals surface area contributed by atoms with E-state index in [4.69, 9.17) is 5.84 Å². The minimum Gasteiger partial charge on any atom is -0.359 e. The molecule has 1 aromatic heterocycles. The van der Waals surface area contributed by atoms with Crippen LogP contribution in [-0.4, -0.2) is 23.6 Å². The van der Waals surface area contributed by atoms with Gasteiger partial charge < -0.3 is 10.3 Å². The van der Waals surface area contributed by atoms with Crippen molar-refractivity contribution in [2.45, 2.75) is 45.4 Å². The summed E-state index contributed by atoms with van der Waals surface area (Å²) in [5.41, 5.74) is 2.62. The molecule has 0 spiro atoms. The molecule has 0 unspecified atom stereocenters. The quantitative estimate of drug-likeness (QED) is 0.630. The molecule has 106 valence electrons. The van der Waals surface area contributed by atoms with E-state index < -0.39 is 0 Å². The van der Waals surface area contributed by atoms with Gasteiger partial charge in [-0.05, 0) is 18.8 Å². The van der Waals surface area contributed by atoms with Crippen LogP contribution in [0.4, 0.5) is 11.6 Å². The van der Waals surface area contributed by atoms with Crippen LogP contribution in [0.3, 0.4) is 0 Å². The molecule has 1 aliphatic carbocycles. The zero-order chi connectivity index (χ0) is 13.7. The molecule has 5 nitrogen and oxygen atoms in total. The molecular weight excluding hydrogens is 238 g/mol. The Labute approximate surface area is 115 Å². The van der Waals surface area contributed by atoms with E-state index in [1.54, 1.807) is 0 Å². The van der Waals surface area contributed by atoms with Gasteiger partial charge in [0, 0.05) is 26.1 Å². The topological polar surface area (TPSA) is 67.1 Å². The van der Waals surface area contributed by atoms with Crippen molar-refractivity contribution in [3.05, 3.63) is 11.9 Å². The Kier molecular flexibility index (Phi) is 4.96. The zero-order valence-corrected chi connectivity index (χ0v) is 12.0. The maximum absolute atomic E-state index is 5.47. The molecule has 0 atom stereocenters. The number of hydrogen-bond acceptors (Lipinski definition) is 5. The molecule has 0 aromatic carbocycles. The molecule has 19 heavy (non-hydrogen) atoms. The van der Waals surface area contributed by atoms with Gasteiger partial charge in [-0.3, -0.25) is 0 Å². The largest absolute Gasteiger partial charge is 0.359 e. The summed E-state index contributed by atoms with van der Waals surface area (Å²) in [4.78, 5) is 11.1. The molecule has 0 bridgehead atoms. The number of nitrogens with zero attached hydrogens (tertiary/aromatic N) is 3. The van der Waals surface area contributed by atoms with Crippen LogP contribution in [0, 0.1) is 5.92 Å². The van der Waals surface area contributed by atoms with Crippen molar-refractivity contribution in [3.8, 4) is 0 Å². The second-order valence-electron chi connectivity index (χ2n) is 5.41. The smallest absolute Gasteiger partial charge is 0.145 e. The molecular formula is C14H25N5. The molecule has 1 saturated carbocycles. The van der Waals surface area contributed by atoms with Gasteiger partial charge in [0.25, 0.3) is 0 Å². The fourth-order valence-electron chi connectivity index (χ4n) is 2.76. The van der Waals surface area contributed by atoms with Crippen LogP contribution in [0.15, 0.2) is 6.07 Å². The van der Waals surface area contributed by atoms with E-state index >= 15 is 0 Å². The molecule has 1 aromatic rings. The lowest BCUT2D eigenvalue weighted by molar-refractivity contribution is 0.361. The molecule has 0 aliphatic heterocycles. The van der Waals surface area contributed by atoms with Crippen molar-refractivity contribution >= 4 is 11.6 Å². The monoisotopic (exact) mass is 263 g/mol. The lowest BCUT2D eigenvalue weighted by atomic mass is 9.89. The van der Waals surface area contributed by atoms with Crippen LogP contribution >= 0.6 is 0 Å². The first-order valence-corrected chi connectivity index (χ1v) is 7.28. The highest BCUT2D eigenvalue weighted by molar-refractivity contribution is 5.48. The van der Waals surface area contributed by atoms with E-state index in [-0.39, 0.29) is 0 Å². The molecule has 5 heteroatoms. The molecule has 1 heterocycles. The van der Waals surface area contributed by atoms with Crippen LogP contribution < -0.4 is 16.2 Å². The molecule has 0 radical (unpaired) electrons. The predicted octanol–water partition coefficient (Wildman–Crippen LogP) is 2.34. The van der Waals surface area contributed by atoms with Crippen molar-refractivity contribution in [1.82, 2.24) is 9.97 Å². The standard InChI is InChI=1S/C14H25N5/c1-3-12-16-13(18-15)9-14(17-12)19(2)10-11-7-5-4-6-8-11/h9,11H,3-8,10,15H2,1-2H3,(H,16,17,18). The molecule has 0 saturated heterocycles. The number of rotatable bonds is 5. The Bertz CT molecular complexity index is 379. The Balaban J connectivity index is 2.06. The highest BCUT2D eigenvalue weighted by atomic mass is 15.3. The third-order valence-corrected chi connectivity index (χ3v) is 3.87.